The molecule has 31 heavy (non-hydrogen) atoms. The highest BCUT2D eigenvalue weighted by Gasteiger charge is 2.40. The number of nitrogens with zero attached hydrogens (tertiary/aromatic N) is 2. The maximum Gasteiger partial charge on any atom is 0.291 e. The van der Waals surface area contributed by atoms with Crippen LogP contribution < -0.4 is 4.74 Å². The van der Waals surface area contributed by atoms with Gasteiger partial charge in [0.2, 0.25) is 0 Å². The fraction of sp³-hybridized carbons (Fsp3) is 0.348. The third-order valence-electron chi connectivity index (χ3n) is 5.69. The van der Waals surface area contributed by atoms with Crippen LogP contribution in [-0.2, 0) is 16.1 Å². The summed E-state index contributed by atoms with van der Waals surface area (Å²) in [6.45, 7) is 6.68. The number of hydrogen-bond acceptors (Lipinski definition) is 6. The number of imide groups is 1. The van der Waals surface area contributed by atoms with Gasteiger partial charge in [-0.1, -0.05) is 30.3 Å². The van der Waals surface area contributed by atoms with Crippen molar-refractivity contribution in [3.05, 3.63) is 64.2 Å². The Balaban J connectivity index is 1.34. The SMILES string of the molecule is Cc1cc2c(c(C)c1C)OCN(CCOC1SC(=O)N(Cc3ccccc3)C1=O)C2=O. The van der Waals surface area contributed by atoms with Gasteiger partial charge in [0.05, 0.1) is 18.7 Å². The summed E-state index contributed by atoms with van der Waals surface area (Å²) >= 11 is 0.863. The lowest BCUT2D eigenvalue weighted by Gasteiger charge is -2.30. The molecule has 2 aliphatic rings. The van der Waals surface area contributed by atoms with Gasteiger partial charge in [0, 0.05) is 6.54 Å². The molecule has 0 N–H and O–H groups in total. The van der Waals surface area contributed by atoms with E-state index in [-0.39, 0.29) is 43.5 Å². The summed E-state index contributed by atoms with van der Waals surface area (Å²) in [6, 6.07) is 11.2. The van der Waals surface area contributed by atoms with Crippen molar-refractivity contribution in [2.45, 2.75) is 32.8 Å². The highest BCUT2D eigenvalue weighted by molar-refractivity contribution is 8.15. The molecular weight excluding hydrogens is 416 g/mol. The monoisotopic (exact) mass is 440 g/mol. The highest BCUT2D eigenvalue weighted by Crippen LogP contribution is 2.33. The molecule has 162 valence electrons. The quantitative estimate of drug-likeness (QED) is 0.683. The molecule has 1 unspecified atom stereocenters. The topological polar surface area (TPSA) is 76.2 Å². The van der Waals surface area contributed by atoms with Gasteiger partial charge in [-0.25, -0.2) is 0 Å². The van der Waals surface area contributed by atoms with Gasteiger partial charge >= 0.3 is 0 Å². The molecule has 0 radical (unpaired) electrons. The highest BCUT2D eigenvalue weighted by atomic mass is 32.2. The summed E-state index contributed by atoms with van der Waals surface area (Å²) in [5.41, 5.74) is 3.66. The fourth-order valence-corrected chi connectivity index (χ4v) is 4.50. The van der Waals surface area contributed by atoms with Crippen LogP contribution in [0.15, 0.2) is 36.4 Å². The molecule has 8 heteroatoms. The molecule has 1 fully saturated rings. The molecule has 4 rings (SSSR count). The van der Waals surface area contributed by atoms with Crippen molar-refractivity contribution in [1.29, 1.82) is 0 Å². The summed E-state index contributed by atoms with van der Waals surface area (Å²) in [6.07, 6.45) is 0. The van der Waals surface area contributed by atoms with Gasteiger partial charge in [-0.3, -0.25) is 19.3 Å². The molecule has 0 spiro atoms. The second-order valence-corrected chi connectivity index (χ2v) is 8.67. The second kappa shape index (κ2) is 8.72. The molecule has 2 heterocycles. The van der Waals surface area contributed by atoms with E-state index in [0.29, 0.717) is 11.3 Å². The lowest BCUT2D eigenvalue weighted by atomic mass is 9.97. The summed E-state index contributed by atoms with van der Waals surface area (Å²) in [4.78, 5) is 40.5. The Morgan fingerprint density at radius 1 is 1.10 bits per heavy atom. The van der Waals surface area contributed by atoms with Gasteiger partial charge in [-0.2, -0.15) is 0 Å². The largest absolute Gasteiger partial charge is 0.472 e. The van der Waals surface area contributed by atoms with Gasteiger partial charge in [0.15, 0.2) is 12.2 Å². The number of carbonyl (C=O) groups is 3. The lowest BCUT2D eigenvalue weighted by Crippen LogP contribution is -2.41. The van der Waals surface area contributed by atoms with Crippen LogP contribution in [0.2, 0.25) is 0 Å². The molecule has 1 saturated heterocycles. The molecule has 2 aliphatic heterocycles. The number of fused-ring (bicyclic) bond motifs is 1. The van der Waals surface area contributed by atoms with E-state index in [4.69, 9.17) is 9.47 Å². The smallest absolute Gasteiger partial charge is 0.291 e. The van der Waals surface area contributed by atoms with Crippen molar-refractivity contribution >= 4 is 28.8 Å². The first-order valence-corrected chi connectivity index (χ1v) is 10.9. The summed E-state index contributed by atoms with van der Waals surface area (Å²) in [5, 5.41) is -0.327. The molecule has 0 bridgehead atoms. The first-order valence-electron chi connectivity index (χ1n) is 10.1. The third-order valence-corrected chi connectivity index (χ3v) is 6.67. The van der Waals surface area contributed by atoms with Crippen molar-refractivity contribution in [3.63, 3.8) is 0 Å². The van der Waals surface area contributed by atoms with Gasteiger partial charge < -0.3 is 14.4 Å². The predicted molar refractivity (Wildman–Crippen MR) is 117 cm³/mol. The molecule has 0 saturated carbocycles. The number of hydrogen-bond donors (Lipinski definition) is 0. The first-order chi connectivity index (χ1) is 14.9. The van der Waals surface area contributed by atoms with E-state index in [2.05, 4.69) is 0 Å². The fourth-order valence-electron chi connectivity index (χ4n) is 3.65. The average molecular weight is 441 g/mol. The molecule has 3 amide bonds. The maximum absolute atomic E-state index is 12.9. The van der Waals surface area contributed by atoms with E-state index in [1.807, 2.05) is 57.2 Å². The Morgan fingerprint density at radius 2 is 1.84 bits per heavy atom. The summed E-state index contributed by atoms with van der Waals surface area (Å²) in [5.74, 6) is 0.143. The number of ether oxygens (including phenoxy) is 2. The Morgan fingerprint density at radius 3 is 2.58 bits per heavy atom. The Hall–Kier alpha value is -2.84. The number of carbonyl (C=O) groups excluding carboxylic acids is 3. The van der Waals surface area contributed by atoms with E-state index in [9.17, 15) is 14.4 Å². The number of benzene rings is 2. The van der Waals surface area contributed by atoms with Crippen LogP contribution >= 0.6 is 11.8 Å². The number of thioether (sulfide) groups is 1. The van der Waals surface area contributed by atoms with Crippen LogP contribution in [0.3, 0.4) is 0 Å². The normalized spacial score (nSPS) is 18.4. The van der Waals surface area contributed by atoms with Gasteiger partial charge in [0.1, 0.15) is 5.75 Å². The van der Waals surface area contributed by atoms with Crippen LogP contribution in [-0.4, -0.2) is 52.2 Å². The van der Waals surface area contributed by atoms with Gasteiger partial charge in [0.25, 0.3) is 17.1 Å². The van der Waals surface area contributed by atoms with E-state index >= 15 is 0 Å². The number of amides is 3. The van der Waals surface area contributed by atoms with Crippen molar-refractivity contribution in [2.24, 2.45) is 0 Å². The third kappa shape index (κ3) is 4.18. The van der Waals surface area contributed by atoms with Crippen LogP contribution in [0, 0.1) is 20.8 Å². The van der Waals surface area contributed by atoms with Crippen LogP contribution in [0.4, 0.5) is 4.79 Å². The van der Waals surface area contributed by atoms with E-state index < -0.39 is 5.44 Å². The minimum atomic E-state index is -0.892. The lowest BCUT2D eigenvalue weighted by molar-refractivity contribution is -0.134. The number of aryl methyl sites for hydroxylation is 1. The van der Waals surface area contributed by atoms with E-state index in [0.717, 1.165) is 34.0 Å². The standard InChI is InChI=1S/C23H24N2O5S/c1-14-11-18-19(16(3)15(14)2)30-13-24(20(18)26)9-10-29-22-21(27)25(23(28)31-22)12-17-7-5-4-6-8-17/h4-8,11,22H,9-10,12-13H2,1-3H3. The average Bonchev–Trinajstić information content (AvgIpc) is 3.02. The first kappa shape index (κ1) is 21.4. The van der Waals surface area contributed by atoms with Crippen molar-refractivity contribution in [3.8, 4) is 5.75 Å². The van der Waals surface area contributed by atoms with Crippen molar-refractivity contribution in [1.82, 2.24) is 9.80 Å². The van der Waals surface area contributed by atoms with E-state index in [1.165, 1.54) is 4.90 Å². The molecular formula is C23H24N2O5S. The molecule has 7 nitrogen and oxygen atoms in total. The Kier molecular flexibility index (Phi) is 6.02. The van der Waals surface area contributed by atoms with Crippen molar-refractivity contribution in [2.75, 3.05) is 19.9 Å². The zero-order valence-electron chi connectivity index (χ0n) is 17.7. The molecule has 1 atom stereocenters. The molecule has 2 aromatic carbocycles. The zero-order chi connectivity index (χ0) is 22.1. The Bertz CT molecular complexity index is 1040. The molecule has 0 aromatic heterocycles. The minimum absolute atomic E-state index is 0.122. The summed E-state index contributed by atoms with van der Waals surface area (Å²) < 4.78 is 11.5. The Labute approximate surface area is 185 Å². The molecule has 0 aliphatic carbocycles. The van der Waals surface area contributed by atoms with Crippen LogP contribution in [0.1, 0.15) is 32.6 Å². The van der Waals surface area contributed by atoms with Gasteiger partial charge in [-0.05, 0) is 60.9 Å². The van der Waals surface area contributed by atoms with Crippen molar-refractivity contribution < 1.29 is 23.9 Å². The van der Waals surface area contributed by atoms with E-state index in [1.54, 1.807) is 4.90 Å². The zero-order valence-corrected chi connectivity index (χ0v) is 18.5. The predicted octanol–water partition coefficient (Wildman–Crippen LogP) is 3.64. The maximum atomic E-state index is 12.9. The van der Waals surface area contributed by atoms with Gasteiger partial charge in [-0.15, -0.1) is 0 Å². The minimum Gasteiger partial charge on any atom is -0.472 e. The number of rotatable bonds is 6. The van der Waals surface area contributed by atoms with Crippen LogP contribution in [0.5, 0.6) is 5.75 Å². The van der Waals surface area contributed by atoms with Crippen LogP contribution in [0.25, 0.3) is 0 Å². The second-order valence-electron chi connectivity index (χ2n) is 7.66. The summed E-state index contributed by atoms with van der Waals surface area (Å²) in [7, 11) is 0. The molecule has 2 aromatic rings.